The highest BCUT2D eigenvalue weighted by Crippen LogP contribution is 2.38. The molecule has 0 aliphatic carbocycles. The van der Waals surface area contributed by atoms with Crippen molar-refractivity contribution in [2.45, 2.75) is 37.6 Å². The van der Waals surface area contributed by atoms with Gasteiger partial charge in [-0.25, -0.2) is 19.4 Å². The Labute approximate surface area is 180 Å². The van der Waals surface area contributed by atoms with Gasteiger partial charge in [-0.1, -0.05) is 0 Å². The van der Waals surface area contributed by atoms with Crippen molar-refractivity contribution < 1.29 is 22.7 Å². The van der Waals surface area contributed by atoms with E-state index < -0.39 is 18.8 Å². The molecule has 3 aromatic rings. The van der Waals surface area contributed by atoms with Gasteiger partial charge in [0.05, 0.1) is 36.9 Å². The molecule has 2 aliphatic heterocycles. The molecule has 2 aromatic heterocycles. The standard InChI is InChI=1S/C20H20F3N7O2/c21-20(22,23)10-29-17-15(7-25-29)18(30-13-5-6-14(30)9-32-8-13)28-16(27-17)11-1-3-12(4-2-11)26-19(24)31/h1-4,7,13-14H,5-6,8-10H2,(H3,24,26,31). The van der Waals surface area contributed by atoms with Gasteiger partial charge < -0.3 is 20.7 Å². The largest absolute Gasteiger partial charge is 0.408 e. The Balaban J connectivity index is 1.63. The van der Waals surface area contributed by atoms with Gasteiger partial charge in [-0.2, -0.15) is 18.3 Å². The fourth-order valence-corrected chi connectivity index (χ4v) is 4.37. The number of nitrogens with two attached hydrogens (primary N) is 1. The van der Waals surface area contributed by atoms with Crippen molar-refractivity contribution in [1.82, 2.24) is 19.7 Å². The molecular weight excluding hydrogens is 427 g/mol. The van der Waals surface area contributed by atoms with E-state index in [9.17, 15) is 18.0 Å². The topological polar surface area (TPSA) is 111 Å². The Hall–Kier alpha value is -3.41. The molecule has 0 radical (unpaired) electrons. The maximum absolute atomic E-state index is 13.1. The second kappa shape index (κ2) is 7.62. The predicted octanol–water partition coefficient (Wildman–Crippen LogP) is 2.91. The van der Waals surface area contributed by atoms with E-state index in [0.717, 1.165) is 17.5 Å². The number of alkyl halides is 3. The average Bonchev–Trinajstić information content (AvgIpc) is 3.23. The van der Waals surface area contributed by atoms with Gasteiger partial charge in [0.1, 0.15) is 12.4 Å². The molecule has 2 aliphatic rings. The number of ether oxygens (including phenoxy) is 1. The van der Waals surface area contributed by atoms with E-state index in [1.54, 1.807) is 24.3 Å². The number of amides is 2. The van der Waals surface area contributed by atoms with Crippen LogP contribution in [0, 0.1) is 0 Å². The maximum Gasteiger partial charge on any atom is 0.408 e. The van der Waals surface area contributed by atoms with Crippen LogP contribution in [0.1, 0.15) is 12.8 Å². The number of halogens is 3. The number of morpholine rings is 1. The Morgan fingerprint density at radius 2 is 1.84 bits per heavy atom. The molecule has 12 heteroatoms. The van der Waals surface area contributed by atoms with Crippen molar-refractivity contribution in [2.24, 2.45) is 5.73 Å². The number of benzene rings is 1. The summed E-state index contributed by atoms with van der Waals surface area (Å²) in [6, 6.07) is 6.11. The normalized spacial score (nSPS) is 20.7. The first-order chi connectivity index (χ1) is 15.3. The van der Waals surface area contributed by atoms with Gasteiger partial charge in [0.15, 0.2) is 11.5 Å². The molecule has 3 N–H and O–H groups in total. The number of rotatable bonds is 4. The molecule has 2 atom stereocenters. The van der Waals surface area contributed by atoms with E-state index in [4.69, 9.17) is 15.5 Å². The third kappa shape index (κ3) is 3.81. The number of primary amides is 1. The molecule has 0 spiro atoms. The summed E-state index contributed by atoms with van der Waals surface area (Å²) in [5.74, 6) is 0.835. The summed E-state index contributed by atoms with van der Waals surface area (Å²) in [5, 5.41) is 6.90. The molecular formula is C20H20F3N7O2. The van der Waals surface area contributed by atoms with Gasteiger partial charge in [0.25, 0.3) is 0 Å². The fourth-order valence-electron chi connectivity index (χ4n) is 4.37. The van der Waals surface area contributed by atoms with Crippen molar-refractivity contribution in [3.8, 4) is 11.4 Å². The number of aromatic nitrogens is 4. The SMILES string of the molecule is NC(=O)Nc1ccc(-c2nc(N3C4CCC3COC4)c3cnn(CC(F)(F)F)c3n2)cc1. The van der Waals surface area contributed by atoms with Crippen LogP contribution >= 0.6 is 0 Å². The van der Waals surface area contributed by atoms with Crippen LogP contribution in [0.15, 0.2) is 30.5 Å². The summed E-state index contributed by atoms with van der Waals surface area (Å²) in [4.78, 5) is 22.4. The number of nitrogens with one attached hydrogen (secondary N) is 1. The Kier molecular flexibility index (Phi) is 4.88. The van der Waals surface area contributed by atoms with Gasteiger partial charge in [-0.3, -0.25) is 0 Å². The smallest absolute Gasteiger partial charge is 0.377 e. The predicted molar refractivity (Wildman–Crippen MR) is 110 cm³/mol. The quantitative estimate of drug-likeness (QED) is 0.636. The minimum absolute atomic E-state index is 0.104. The van der Waals surface area contributed by atoms with Crippen molar-refractivity contribution in [2.75, 3.05) is 23.4 Å². The van der Waals surface area contributed by atoms with Crippen LogP contribution in [0.5, 0.6) is 0 Å². The van der Waals surface area contributed by atoms with Gasteiger partial charge in [0.2, 0.25) is 0 Å². The third-order valence-electron chi connectivity index (χ3n) is 5.70. The van der Waals surface area contributed by atoms with E-state index in [0.29, 0.717) is 35.7 Å². The number of nitrogens with zero attached hydrogens (tertiary/aromatic N) is 5. The van der Waals surface area contributed by atoms with Crippen molar-refractivity contribution in [3.05, 3.63) is 30.5 Å². The molecule has 168 valence electrons. The van der Waals surface area contributed by atoms with Crippen LogP contribution in [0.25, 0.3) is 22.4 Å². The number of carbonyl (C=O) groups excluding carboxylic acids is 1. The molecule has 4 heterocycles. The number of hydrogen-bond donors (Lipinski definition) is 2. The minimum atomic E-state index is -4.44. The zero-order valence-corrected chi connectivity index (χ0v) is 16.8. The van der Waals surface area contributed by atoms with E-state index in [1.807, 2.05) is 0 Å². The van der Waals surface area contributed by atoms with Gasteiger partial charge >= 0.3 is 12.2 Å². The first kappa shape index (κ1) is 20.5. The summed E-state index contributed by atoms with van der Waals surface area (Å²) in [7, 11) is 0. The fraction of sp³-hybridized carbons (Fsp3) is 0.400. The Morgan fingerprint density at radius 1 is 1.16 bits per heavy atom. The van der Waals surface area contributed by atoms with Crippen LogP contribution in [-0.4, -0.2) is 57.3 Å². The zero-order valence-electron chi connectivity index (χ0n) is 16.8. The molecule has 1 aromatic carbocycles. The van der Waals surface area contributed by atoms with Crippen LogP contribution in [0.2, 0.25) is 0 Å². The summed E-state index contributed by atoms with van der Waals surface area (Å²) >= 11 is 0. The number of carbonyl (C=O) groups is 1. The molecule has 9 nitrogen and oxygen atoms in total. The number of anilines is 2. The summed E-state index contributed by atoms with van der Waals surface area (Å²) < 4.78 is 45.9. The molecule has 5 rings (SSSR count). The maximum atomic E-state index is 13.1. The number of fused-ring (bicyclic) bond motifs is 3. The Morgan fingerprint density at radius 3 is 2.47 bits per heavy atom. The van der Waals surface area contributed by atoms with E-state index in [2.05, 4.69) is 20.3 Å². The van der Waals surface area contributed by atoms with E-state index >= 15 is 0 Å². The van der Waals surface area contributed by atoms with Crippen LogP contribution in [0.4, 0.5) is 29.5 Å². The monoisotopic (exact) mass is 447 g/mol. The second-order valence-corrected chi connectivity index (χ2v) is 7.92. The van der Waals surface area contributed by atoms with Crippen molar-refractivity contribution >= 4 is 28.6 Å². The zero-order chi connectivity index (χ0) is 22.5. The molecule has 2 bridgehead atoms. The van der Waals surface area contributed by atoms with Crippen LogP contribution in [-0.2, 0) is 11.3 Å². The lowest BCUT2D eigenvalue weighted by Gasteiger charge is -2.36. The summed E-state index contributed by atoms with van der Waals surface area (Å²) in [6.07, 6.45) is -1.19. The van der Waals surface area contributed by atoms with Crippen LogP contribution in [0.3, 0.4) is 0 Å². The molecule has 2 fully saturated rings. The van der Waals surface area contributed by atoms with Gasteiger partial charge in [-0.15, -0.1) is 0 Å². The molecule has 2 saturated heterocycles. The highest BCUT2D eigenvalue weighted by Gasteiger charge is 2.40. The Bertz CT molecular complexity index is 1150. The summed E-state index contributed by atoms with van der Waals surface area (Å²) in [5.41, 5.74) is 6.32. The molecule has 0 saturated carbocycles. The molecule has 2 unspecified atom stereocenters. The lowest BCUT2D eigenvalue weighted by Crippen LogP contribution is -2.46. The van der Waals surface area contributed by atoms with E-state index in [1.165, 1.54) is 6.20 Å². The number of urea groups is 1. The minimum Gasteiger partial charge on any atom is -0.377 e. The van der Waals surface area contributed by atoms with Gasteiger partial charge in [0, 0.05) is 11.3 Å². The first-order valence-electron chi connectivity index (χ1n) is 10.1. The average molecular weight is 447 g/mol. The highest BCUT2D eigenvalue weighted by molar-refractivity contribution is 5.90. The lowest BCUT2D eigenvalue weighted by molar-refractivity contribution is -0.141. The lowest BCUT2D eigenvalue weighted by atomic mass is 10.1. The van der Waals surface area contributed by atoms with Crippen molar-refractivity contribution in [1.29, 1.82) is 0 Å². The summed E-state index contributed by atoms with van der Waals surface area (Å²) in [6.45, 7) is -0.160. The van der Waals surface area contributed by atoms with Crippen molar-refractivity contribution in [3.63, 3.8) is 0 Å². The number of hydrogen-bond acceptors (Lipinski definition) is 6. The van der Waals surface area contributed by atoms with E-state index in [-0.39, 0.29) is 23.6 Å². The molecule has 32 heavy (non-hydrogen) atoms. The highest BCUT2D eigenvalue weighted by atomic mass is 19.4. The second-order valence-electron chi connectivity index (χ2n) is 7.92. The molecule has 2 amide bonds. The van der Waals surface area contributed by atoms with Crippen LogP contribution < -0.4 is 16.0 Å². The third-order valence-corrected chi connectivity index (χ3v) is 5.70. The first-order valence-corrected chi connectivity index (χ1v) is 10.1. The van der Waals surface area contributed by atoms with Gasteiger partial charge in [-0.05, 0) is 37.1 Å².